The van der Waals surface area contributed by atoms with E-state index in [4.69, 9.17) is 4.98 Å². The Hall–Kier alpha value is -1.58. The minimum Gasteiger partial charge on any atom is -0.478 e. The number of carboxylic acids is 1. The SMILES string of the molecule is CC1CCCCCN1c1nc2c(cc1C(=O)O)CCC2. The predicted octanol–water partition coefficient (Wildman–Crippen LogP) is 3.04. The highest BCUT2D eigenvalue weighted by Gasteiger charge is 2.26. The molecule has 0 amide bonds. The van der Waals surface area contributed by atoms with Crippen LogP contribution >= 0.6 is 0 Å². The summed E-state index contributed by atoms with van der Waals surface area (Å²) in [7, 11) is 0. The van der Waals surface area contributed by atoms with Crippen LogP contribution in [0.15, 0.2) is 6.07 Å². The van der Waals surface area contributed by atoms with Crippen LogP contribution in [-0.2, 0) is 12.8 Å². The number of carboxylic acid groups (broad SMARTS) is 1. The molecule has 108 valence electrons. The van der Waals surface area contributed by atoms with Crippen molar-refractivity contribution in [3.63, 3.8) is 0 Å². The molecule has 0 saturated carbocycles. The van der Waals surface area contributed by atoms with Crippen LogP contribution in [0.2, 0.25) is 0 Å². The Morgan fingerprint density at radius 3 is 2.95 bits per heavy atom. The zero-order chi connectivity index (χ0) is 14.1. The fourth-order valence-corrected chi connectivity index (χ4v) is 3.43. The van der Waals surface area contributed by atoms with Crippen molar-refractivity contribution in [2.75, 3.05) is 11.4 Å². The fraction of sp³-hybridized carbons (Fsp3) is 0.625. The Kier molecular flexibility index (Phi) is 3.64. The second-order valence-corrected chi connectivity index (χ2v) is 6.02. The van der Waals surface area contributed by atoms with E-state index in [9.17, 15) is 9.90 Å². The normalized spacial score (nSPS) is 22.4. The molecule has 2 heterocycles. The molecule has 4 nitrogen and oxygen atoms in total. The first-order chi connectivity index (χ1) is 9.66. The molecule has 20 heavy (non-hydrogen) atoms. The van der Waals surface area contributed by atoms with Crippen LogP contribution in [0.5, 0.6) is 0 Å². The molecule has 1 aromatic heterocycles. The van der Waals surface area contributed by atoms with E-state index in [2.05, 4.69) is 11.8 Å². The number of carbonyl (C=O) groups is 1. The van der Waals surface area contributed by atoms with Gasteiger partial charge < -0.3 is 10.0 Å². The van der Waals surface area contributed by atoms with Gasteiger partial charge in [-0.15, -0.1) is 0 Å². The van der Waals surface area contributed by atoms with Gasteiger partial charge in [0, 0.05) is 18.3 Å². The van der Waals surface area contributed by atoms with Crippen molar-refractivity contribution >= 4 is 11.8 Å². The van der Waals surface area contributed by atoms with Crippen LogP contribution in [-0.4, -0.2) is 28.6 Å². The third kappa shape index (κ3) is 2.39. The molecule has 2 aliphatic rings. The van der Waals surface area contributed by atoms with Gasteiger partial charge in [0.05, 0.1) is 0 Å². The smallest absolute Gasteiger partial charge is 0.339 e. The predicted molar refractivity (Wildman–Crippen MR) is 78.5 cm³/mol. The van der Waals surface area contributed by atoms with Crippen molar-refractivity contribution < 1.29 is 9.90 Å². The highest BCUT2D eigenvalue weighted by molar-refractivity contribution is 5.93. The van der Waals surface area contributed by atoms with Crippen molar-refractivity contribution in [1.29, 1.82) is 0 Å². The van der Waals surface area contributed by atoms with E-state index in [1.165, 1.54) is 12.8 Å². The second kappa shape index (κ2) is 5.43. The number of pyridine rings is 1. The maximum atomic E-state index is 11.6. The third-order valence-electron chi connectivity index (χ3n) is 4.59. The molecule has 1 N–H and O–H groups in total. The van der Waals surface area contributed by atoms with Gasteiger partial charge in [0.15, 0.2) is 0 Å². The summed E-state index contributed by atoms with van der Waals surface area (Å²) in [5, 5.41) is 9.52. The van der Waals surface area contributed by atoms with Gasteiger partial charge in [-0.25, -0.2) is 9.78 Å². The molecule has 1 aliphatic heterocycles. The first kappa shape index (κ1) is 13.4. The zero-order valence-electron chi connectivity index (χ0n) is 12.1. The highest BCUT2D eigenvalue weighted by atomic mass is 16.4. The van der Waals surface area contributed by atoms with Crippen LogP contribution < -0.4 is 4.90 Å². The molecule has 1 saturated heterocycles. The van der Waals surface area contributed by atoms with Crippen molar-refractivity contribution in [3.8, 4) is 0 Å². The number of aryl methyl sites for hydroxylation is 2. The number of anilines is 1. The summed E-state index contributed by atoms with van der Waals surface area (Å²) in [5.41, 5.74) is 2.63. The summed E-state index contributed by atoms with van der Waals surface area (Å²) >= 11 is 0. The molecule has 4 heteroatoms. The Balaban J connectivity index is 2.04. The van der Waals surface area contributed by atoms with Crippen LogP contribution in [0, 0.1) is 0 Å². The maximum absolute atomic E-state index is 11.6. The molecule has 1 unspecified atom stereocenters. The van der Waals surface area contributed by atoms with Gasteiger partial charge in [0.1, 0.15) is 11.4 Å². The molecule has 0 radical (unpaired) electrons. The lowest BCUT2D eigenvalue weighted by atomic mass is 10.1. The van der Waals surface area contributed by atoms with Gasteiger partial charge >= 0.3 is 5.97 Å². The monoisotopic (exact) mass is 274 g/mol. The van der Waals surface area contributed by atoms with Gasteiger partial charge in [0.2, 0.25) is 0 Å². The molecule has 1 aromatic rings. The summed E-state index contributed by atoms with van der Waals surface area (Å²) in [6.45, 7) is 3.11. The highest BCUT2D eigenvalue weighted by Crippen LogP contribution is 2.30. The van der Waals surface area contributed by atoms with E-state index >= 15 is 0 Å². The minimum absolute atomic E-state index is 0.377. The average molecular weight is 274 g/mol. The number of aromatic carboxylic acids is 1. The number of hydrogen-bond donors (Lipinski definition) is 1. The lowest BCUT2D eigenvalue weighted by molar-refractivity contribution is 0.0697. The first-order valence-electron chi connectivity index (χ1n) is 7.69. The molecule has 0 spiro atoms. The number of hydrogen-bond acceptors (Lipinski definition) is 3. The van der Waals surface area contributed by atoms with E-state index in [-0.39, 0.29) is 0 Å². The standard InChI is InChI=1S/C16H22N2O2/c1-11-6-3-2-4-9-18(11)15-13(16(19)20)10-12-7-5-8-14(12)17-15/h10-11H,2-9H2,1H3,(H,19,20). The quantitative estimate of drug-likeness (QED) is 0.900. The van der Waals surface area contributed by atoms with Crippen LogP contribution in [0.25, 0.3) is 0 Å². The summed E-state index contributed by atoms with van der Waals surface area (Å²) in [5.74, 6) is -0.147. The van der Waals surface area contributed by atoms with Gasteiger partial charge in [-0.1, -0.05) is 12.8 Å². The van der Waals surface area contributed by atoms with Crippen LogP contribution in [0.1, 0.15) is 60.6 Å². The van der Waals surface area contributed by atoms with Crippen molar-refractivity contribution in [3.05, 3.63) is 22.9 Å². The molecule has 0 bridgehead atoms. The molecule has 3 rings (SSSR count). The topological polar surface area (TPSA) is 53.4 Å². The van der Waals surface area contributed by atoms with E-state index < -0.39 is 5.97 Å². The average Bonchev–Trinajstić information content (AvgIpc) is 2.78. The number of rotatable bonds is 2. The van der Waals surface area contributed by atoms with E-state index in [1.807, 2.05) is 6.07 Å². The Labute approximate surface area is 119 Å². The van der Waals surface area contributed by atoms with E-state index in [1.54, 1.807) is 0 Å². The minimum atomic E-state index is -0.848. The lowest BCUT2D eigenvalue weighted by Crippen LogP contribution is -2.34. The molecular formula is C16H22N2O2. The molecule has 0 aromatic carbocycles. The Bertz CT molecular complexity index is 527. The Morgan fingerprint density at radius 2 is 2.15 bits per heavy atom. The first-order valence-corrected chi connectivity index (χ1v) is 7.69. The summed E-state index contributed by atoms with van der Waals surface area (Å²) in [4.78, 5) is 18.5. The lowest BCUT2D eigenvalue weighted by Gasteiger charge is -2.30. The van der Waals surface area contributed by atoms with Crippen LogP contribution in [0.4, 0.5) is 5.82 Å². The van der Waals surface area contributed by atoms with Gasteiger partial charge in [-0.2, -0.15) is 0 Å². The Morgan fingerprint density at radius 1 is 1.30 bits per heavy atom. The summed E-state index contributed by atoms with van der Waals surface area (Å²) in [6, 6.07) is 2.24. The molecule has 1 atom stereocenters. The number of aromatic nitrogens is 1. The van der Waals surface area contributed by atoms with Gasteiger partial charge in [-0.3, -0.25) is 0 Å². The van der Waals surface area contributed by atoms with Crippen molar-refractivity contribution in [1.82, 2.24) is 4.98 Å². The van der Waals surface area contributed by atoms with Gasteiger partial charge in [-0.05, 0) is 50.7 Å². The second-order valence-electron chi connectivity index (χ2n) is 6.02. The maximum Gasteiger partial charge on any atom is 0.339 e. The van der Waals surface area contributed by atoms with Crippen molar-refractivity contribution in [2.45, 2.75) is 57.9 Å². The summed E-state index contributed by atoms with van der Waals surface area (Å²) < 4.78 is 0. The number of fused-ring (bicyclic) bond motifs is 1. The van der Waals surface area contributed by atoms with Crippen molar-refractivity contribution in [2.24, 2.45) is 0 Å². The summed E-state index contributed by atoms with van der Waals surface area (Å²) in [6.07, 6.45) is 7.77. The molecule has 1 aliphatic carbocycles. The van der Waals surface area contributed by atoms with Crippen LogP contribution in [0.3, 0.4) is 0 Å². The molecule has 1 fully saturated rings. The van der Waals surface area contributed by atoms with E-state index in [0.29, 0.717) is 17.4 Å². The zero-order valence-corrected chi connectivity index (χ0v) is 12.1. The largest absolute Gasteiger partial charge is 0.478 e. The molecular weight excluding hydrogens is 252 g/mol. The fourth-order valence-electron chi connectivity index (χ4n) is 3.43. The third-order valence-corrected chi connectivity index (χ3v) is 4.59. The number of nitrogens with zero attached hydrogens (tertiary/aromatic N) is 2. The van der Waals surface area contributed by atoms with E-state index in [0.717, 1.165) is 49.9 Å². The van der Waals surface area contributed by atoms with Gasteiger partial charge in [0.25, 0.3) is 0 Å².